The van der Waals surface area contributed by atoms with E-state index in [2.05, 4.69) is 4.98 Å². The molecule has 6 heteroatoms. The van der Waals surface area contributed by atoms with E-state index in [0.717, 1.165) is 18.2 Å². The van der Waals surface area contributed by atoms with Crippen molar-refractivity contribution in [1.29, 1.82) is 0 Å². The number of hydrogen-bond acceptors (Lipinski definition) is 1. The van der Waals surface area contributed by atoms with E-state index in [1.165, 1.54) is 18.3 Å². The molecule has 94 valence electrons. The molecular weight excluding hydrogens is 247 g/mol. The highest BCUT2D eigenvalue weighted by Gasteiger charge is 2.30. The highest BCUT2D eigenvalue weighted by atomic mass is 19.4. The molecule has 0 radical (unpaired) electrons. The first-order valence-corrected chi connectivity index (χ1v) is 4.97. The number of rotatable bonds is 2. The van der Waals surface area contributed by atoms with Gasteiger partial charge in [-0.25, -0.2) is 4.79 Å². The number of carboxylic acid groups (broad SMARTS) is 1. The minimum absolute atomic E-state index is 0.335. The summed E-state index contributed by atoms with van der Waals surface area (Å²) in [5, 5.41) is 8.83. The number of H-pyrrole nitrogens is 1. The second kappa shape index (κ2) is 4.21. The van der Waals surface area contributed by atoms with Crippen LogP contribution in [0.3, 0.4) is 0 Å². The third kappa shape index (κ3) is 2.37. The molecule has 0 aliphatic rings. The Bertz CT molecular complexity index is 626. The van der Waals surface area contributed by atoms with Crippen LogP contribution in [-0.4, -0.2) is 16.1 Å². The van der Waals surface area contributed by atoms with E-state index in [1.54, 1.807) is 0 Å². The van der Waals surface area contributed by atoms with Gasteiger partial charge in [-0.05, 0) is 24.3 Å². The molecule has 1 aromatic heterocycles. The summed E-state index contributed by atoms with van der Waals surface area (Å²) >= 11 is 0. The van der Waals surface area contributed by atoms with Gasteiger partial charge in [0.2, 0.25) is 0 Å². The van der Waals surface area contributed by atoms with Crippen LogP contribution in [0.4, 0.5) is 13.2 Å². The molecule has 0 bridgehead atoms. The number of aromatic amines is 1. The Balaban J connectivity index is 2.53. The Morgan fingerprint density at radius 3 is 2.67 bits per heavy atom. The molecule has 0 atom stereocenters. The first-order valence-electron chi connectivity index (χ1n) is 4.97. The highest BCUT2D eigenvalue weighted by molar-refractivity contribution is 5.93. The summed E-state index contributed by atoms with van der Waals surface area (Å²) < 4.78 is 37.6. The number of benzene rings is 1. The van der Waals surface area contributed by atoms with Gasteiger partial charge < -0.3 is 10.1 Å². The van der Waals surface area contributed by atoms with E-state index in [1.807, 2.05) is 0 Å². The number of hydrogen-bond donors (Lipinski definition) is 2. The lowest BCUT2D eigenvalue weighted by molar-refractivity contribution is -0.137. The molecule has 0 saturated carbocycles. The maximum atomic E-state index is 12.5. The monoisotopic (exact) mass is 255 g/mol. The Labute approximate surface area is 99.5 Å². The number of aliphatic carboxylic acids is 1. The number of halogens is 3. The van der Waals surface area contributed by atoms with Gasteiger partial charge in [-0.2, -0.15) is 13.2 Å². The van der Waals surface area contributed by atoms with Crippen molar-refractivity contribution in [2.75, 3.05) is 0 Å². The minimum Gasteiger partial charge on any atom is -0.478 e. The normalized spacial score (nSPS) is 12.4. The lowest BCUT2D eigenvalue weighted by atomic mass is 10.1. The predicted molar refractivity (Wildman–Crippen MR) is 60.0 cm³/mol. The SMILES string of the molecule is O=C(O)/C=C\c1c[nH]c2ccc(C(F)(F)F)cc12. The van der Waals surface area contributed by atoms with Crippen molar-refractivity contribution in [2.45, 2.75) is 6.18 Å². The molecule has 0 saturated heterocycles. The highest BCUT2D eigenvalue weighted by Crippen LogP contribution is 2.32. The number of alkyl halides is 3. The van der Waals surface area contributed by atoms with Crippen LogP contribution in [0, 0.1) is 0 Å². The molecule has 18 heavy (non-hydrogen) atoms. The molecule has 0 amide bonds. The van der Waals surface area contributed by atoms with Crippen molar-refractivity contribution >= 4 is 22.9 Å². The van der Waals surface area contributed by atoms with E-state index in [0.29, 0.717) is 16.5 Å². The van der Waals surface area contributed by atoms with Crippen molar-refractivity contribution in [1.82, 2.24) is 4.98 Å². The summed E-state index contributed by atoms with van der Waals surface area (Å²) in [6.07, 6.45) is -0.826. The van der Waals surface area contributed by atoms with Gasteiger partial charge in [-0.3, -0.25) is 0 Å². The van der Waals surface area contributed by atoms with E-state index in [4.69, 9.17) is 5.11 Å². The first kappa shape index (κ1) is 12.2. The van der Waals surface area contributed by atoms with Crippen molar-refractivity contribution in [3.8, 4) is 0 Å². The molecule has 1 aromatic carbocycles. The molecule has 2 N–H and O–H groups in total. The summed E-state index contributed by atoms with van der Waals surface area (Å²) in [5.74, 6) is -1.16. The van der Waals surface area contributed by atoms with E-state index in [9.17, 15) is 18.0 Å². The Hall–Kier alpha value is -2.24. The van der Waals surface area contributed by atoms with E-state index in [-0.39, 0.29) is 0 Å². The van der Waals surface area contributed by atoms with Crippen LogP contribution in [0.15, 0.2) is 30.5 Å². The van der Waals surface area contributed by atoms with Crippen LogP contribution in [0.25, 0.3) is 17.0 Å². The minimum atomic E-state index is -4.42. The molecule has 0 aliphatic carbocycles. The number of carboxylic acids is 1. The van der Waals surface area contributed by atoms with Gasteiger partial charge in [0.1, 0.15) is 0 Å². The van der Waals surface area contributed by atoms with Crippen LogP contribution in [0.1, 0.15) is 11.1 Å². The molecular formula is C12H8F3NO2. The van der Waals surface area contributed by atoms with Gasteiger partial charge in [-0.15, -0.1) is 0 Å². The molecule has 3 nitrogen and oxygen atoms in total. The van der Waals surface area contributed by atoms with Crippen molar-refractivity contribution in [2.24, 2.45) is 0 Å². The molecule has 1 heterocycles. The summed E-state index contributed by atoms with van der Waals surface area (Å²) in [5.41, 5.74) is 0.158. The lowest BCUT2D eigenvalue weighted by Crippen LogP contribution is -2.04. The molecule has 0 fully saturated rings. The summed E-state index contributed by atoms with van der Waals surface area (Å²) in [7, 11) is 0. The van der Waals surface area contributed by atoms with Crippen molar-refractivity contribution in [3.63, 3.8) is 0 Å². The van der Waals surface area contributed by atoms with Crippen molar-refractivity contribution < 1.29 is 23.1 Å². The van der Waals surface area contributed by atoms with E-state index < -0.39 is 17.7 Å². The maximum Gasteiger partial charge on any atom is 0.416 e. The zero-order valence-corrected chi connectivity index (χ0v) is 8.95. The van der Waals surface area contributed by atoms with Gasteiger partial charge in [0.15, 0.2) is 0 Å². The van der Waals surface area contributed by atoms with Gasteiger partial charge in [0, 0.05) is 28.7 Å². The van der Waals surface area contributed by atoms with Crippen LogP contribution < -0.4 is 0 Å². The summed E-state index contributed by atoms with van der Waals surface area (Å²) in [6, 6.07) is 3.28. The lowest BCUT2D eigenvalue weighted by Gasteiger charge is -2.06. The predicted octanol–water partition coefficient (Wildman–Crippen LogP) is 3.28. The van der Waals surface area contributed by atoms with Crippen LogP contribution in [0.2, 0.25) is 0 Å². The Kier molecular flexibility index (Phi) is 2.86. The average Bonchev–Trinajstić information content (AvgIpc) is 2.67. The van der Waals surface area contributed by atoms with Crippen LogP contribution in [-0.2, 0) is 11.0 Å². The van der Waals surface area contributed by atoms with Gasteiger partial charge >= 0.3 is 12.1 Å². The smallest absolute Gasteiger partial charge is 0.416 e. The van der Waals surface area contributed by atoms with Crippen molar-refractivity contribution in [3.05, 3.63) is 41.6 Å². The molecule has 0 aliphatic heterocycles. The second-order valence-corrected chi connectivity index (χ2v) is 3.67. The number of aromatic nitrogens is 1. The Morgan fingerprint density at radius 2 is 2.06 bits per heavy atom. The Morgan fingerprint density at radius 1 is 1.33 bits per heavy atom. The molecule has 0 unspecified atom stereocenters. The fourth-order valence-corrected chi connectivity index (χ4v) is 1.62. The number of carbonyl (C=O) groups is 1. The zero-order valence-electron chi connectivity index (χ0n) is 8.95. The van der Waals surface area contributed by atoms with Gasteiger partial charge in [0.05, 0.1) is 5.56 Å². The largest absolute Gasteiger partial charge is 0.478 e. The third-order valence-corrected chi connectivity index (χ3v) is 2.45. The molecule has 2 aromatic rings. The second-order valence-electron chi connectivity index (χ2n) is 3.67. The molecule has 0 spiro atoms. The van der Waals surface area contributed by atoms with Gasteiger partial charge in [-0.1, -0.05) is 0 Å². The number of fused-ring (bicyclic) bond motifs is 1. The average molecular weight is 255 g/mol. The number of nitrogens with one attached hydrogen (secondary N) is 1. The van der Waals surface area contributed by atoms with Crippen LogP contribution in [0.5, 0.6) is 0 Å². The van der Waals surface area contributed by atoms with Gasteiger partial charge in [0.25, 0.3) is 0 Å². The maximum absolute atomic E-state index is 12.5. The summed E-state index contributed by atoms with van der Waals surface area (Å²) in [6.45, 7) is 0. The third-order valence-electron chi connectivity index (χ3n) is 2.45. The fourth-order valence-electron chi connectivity index (χ4n) is 1.62. The van der Waals surface area contributed by atoms with E-state index >= 15 is 0 Å². The summed E-state index contributed by atoms with van der Waals surface area (Å²) in [4.78, 5) is 13.2. The first-order chi connectivity index (χ1) is 8.38. The topological polar surface area (TPSA) is 53.1 Å². The van der Waals surface area contributed by atoms with Crippen LogP contribution >= 0.6 is 0 Å². The fraction of sp³-hybridized carbons (Fsp3) is 0.0833. The zero-order chi connectivity index (χ0) is 13.3. The molecule has 2 rings (SSSR count). The standard InChI is InChI=1S/C12H8F3NO2/c13-12(14,15)8-2-3-10-9(5-8)7(6-16-10)1-4-11(17)18/h1-6,16H,(H,17,18)/b4-1-. The quantitative estimate of drug-likeness (QED) is 0.809.